The average molecular weight is 328 g/mol. The van der Waals surface area contributed by atoms with Gasteiger partial charge in [-0.2, -0.15) is 13.2 Å². The normalized spacial score (nSPS) is 12.2. The summed E-state index contributed by atoms with van der Waals surface area (Å²) >= 11 is 0. The summed E-state index contributed by atoms with van der Waals surface area (Å²) in [6.45, 7) is 1.73. The molecule has 1 heterocycles. The van der Waals surface area contributed by atoms with Gasteiger partial charge in [-0.15, -0.1) is 0 Å². The molecule has 0 saturated carbocycles. The van der Waals surface area contributed by atoms with Gasteiger partial charge >= 0.3 is 6.18 Å². The fraction of sp³-hybridized carbons (Fsp3) is 0.556. The molecule has 8 nitrogen and oxygen atoms in total. The van der Waals surface area contributed by atoms with Crippen LogP contribution in [0.5, 0.6) is 0 Å². The first-order valence-electron chi connectivity index (χ1n) is 5.82. The molecule has 5 N–H and O–H groups in total. The van der Waals surface area contributed by atoms with Gasteiger partial charge in [0.05, 0.1) is 5.75 Å². The van der Waals surface area contributed by atoms with Crippen molar-refractivity contribution in [1.82, 2.24) is 14.7 Å². The van der Waals surface area contributed by atoms with E-state index >= 15 is 0 Å². The standard InChI is InChI=1S/C9H15F3N6O2S/c1-2-15-21(19,20)4-3-14-6-5-7(18-13)17-8(16-6)9(10,11)12/h5,15H,2-4,13H2,1H3,(H2,14,16,17,18). The second-order valence-corrected chi connectivity index (χ2v) is 5.77. The van der Waals surface area contributed by atoms with Gasteiger partial charge in [-0.05, 0) is 0 Å². The SMILES string of the molecule is CCNS(=O)(=O)CCNc1cc(NN)nc(C(F)(F)F)n1. The Morgan fingerprint density at radius 3 is 2.43 bits per heavy atom. The average Bonchev–Trinajstić information content (AvgIpc) is 2.37. The van der Waals surface area contributed by atoms with Crippen LogP contribution in [0.25, 0.3) is 0 Å². The van der Waals surface area contributed by atoms with Gasteiger partial charge in [-0.3, -0.25) is 0 Å². The third-order valence-corrected chi connectivity index (χ3v) is 3.64. The van der Waals surface area contributed by atoms with E-state index in [0.29, 0.717) is 0 Å². The first-order valence-corrected chi connectivity index (χ1v) is 7.47. The van der Waals surface area contributed by atoms with Gasteiger partial charge in [-0.25, -0.2) is 29.0 Å². The molecular weight excluding hydrogens is 313 g/mol. The van der Waals surface area contributed by atoms with E-state index in [9.17, 15) is 21.6 Å². The number of nitrogens with one attached hydrogen (secondary N) is 3. The highest BCUT2D eigenvalue weighted by Gasteiger charge is 2.35. The number of aromatic nitrogens is 2. The van der Waals surface area contributed by atoms with Crippen LogP contribution in [0.1, 0.15) is 12.7 Å². The minimum absolute atomic E-state index is 0.117. The number of halogens is 3. The van der Waals surface area contributed by atoms with Crippen LogP contribution in [0.2, 0.25) is 0 Å². The number of sulfonamides is 1. The number of hydrogen-bond donors (Lipinski definition) is 4. The molecule has 1 rings (SSSR count). The van der Waals surface area contributed by atoms with Crippen LogP contribution in [0.15, 0.2) is 6.07 Å². The highest BCUT2D eigenvalue weighted by atomic mass is 32.2. The lowest BCUT2D eigenvalue weighted by Crippen LogP contribution is -2.29. The number of rotatable bonds is 7. The zero-order chi connectivity index (χ0) is 16.1. The third-order valence-electron chi connectivity index (χ3n) is 2.17. The van der Waals surface area contributed by atoms with Crippen LogP contribution in [-0.4, -0.2) is 37.2 Å². The van der Waals surface area contributed by atoms with Crippen molar-refractivity contribution >= 4 is 21.7 Å². The van der Waals surface area contributed by atoms with E-state index in [-0.39, 0.29) is 30.5 Å². The molecule has 0 radical (unpaired) electrons. The largest absolute Gasteiger partial charge is 0.451 e. The summed E-state index contributed by atoms with van der Waals surface area (Å²) < 4.78 is 62.7. The van der Waals surface area contributed by atoms with Crippen molar-refractivity contribution in [3.63, 3.8) is 0 Å². The molecule has 0 saturated heterocycles. The highest BCUT2D eigenvalue weighted by molar-refractivity contribution is 7.89. The van der Waals surface area contributed by atoms with Crippen LogP contribution in [0.3, 0.4) is 0 Å². The lowest BCUT2D eigenvalue weighted by molar-refractivity contribution is -0.144. The zero-order valence-corrected chi connectivity index (χ0v) is 11.8. The highest BCUT2D eigenvalue weighted by Crippen LogP contribution is 2.28. The van der Waals surface area contributed by atoms with Crippen LogP contribution >= 0.6 is 0 Å². The predicted molar refractivity (Wildman–Crippen MR) is 70.8 cm³/mol. The van der Waals surface area contributed by atoms with Crippen LogP contribution in [0.4, 0.5) is 24.8 Å². The maximum Gasteiger partial charge on any atom is 0.451 e. The van der Waals surface area contributed by atoms with Crippen molar-refractivity contribution in [2.24, 2.45) is 5.84 Å². The predicted octanol–water partition coefficient (Wildman–Crippen LogP) is 0.132. The number of hydrogen-bond acceptors (Lipinski definition) is 7. The van der Waals surface area contributed by atoms with Crippen molar-refractivity contribution in [3.05, 3.63) is 11.9 Å². The van der Waals surface area contributed by atoms with E-state index in [2.05, 4.69) is 20.0 Å². The molecule has 12 heteroatoms. The van der Waals surface area contributed by atoms with Gasteiger partial charge in [-0.1, -0.05) is 6.92 Å². The summed E-state index contributed by atoms with van der Waals surface area (Å²) in [6.07, 6.45) is -4.74. The van der Waals surface area contributed by atoms with E-state index in [1.54, 1.807) is 6.92 Å². The Morgan fingerprint density at radius 1 is 1.29 bits per heavy atom. The molecule has 0 aliphatic rings. The lowest BCUT2D eigenvalue weighted by Gasteiger charge is -2.11. The van der Waals surface area contributed by atoms with Gasteiger partial charge in [0, 0.05) is 19.2 Å². The van der Waals surface area contributed by atoms with Crippen molar-refractivity contribution in [1.29, 1.82) is 0 Å². The smallest absolute Gasteiger partial charge is 0.369 e. The molecule has 0 spiro atoms. The fourth-order valence-corrected chi connectivity index (χ4v) is 2.30. The Hall–Kier alpha value is -1.66. The molecule has 1 aromatic rings. The summed E-state index contributed by atoms with van der Waals surface area (Å²) in [5.74, 6) is 2.91. The Balaban J connectivity index is 2.80. The second-order valence-electron chi connectivity index (χ2n) is 3.85. The molecular formula is C9H15F3N6O2S. The summed E-state index contributed by atoms with van der Waals surface area (Å²) in [5, 5.41) is 2.48. The lowest BCUT2D eigenvalue weighted by atomic mass is 10.4. The molecule has 0 bridgehead atoms. The quantitative estimate of drug-likeness (QED) is 0.414. The van der Waals surface area contributed by atoms with Gasteiger partial charge in [0.2, 0.25) is 15.8 Å². The molecule has 0 atom stereocenters. The minimum atomic E-state index is -4.74. The van der Waals surface area contributed by atoms with Crippen molar-refractivity contribution in [2.45, 2.75) is 13.1 Å². The topological polar surface area (TPSA) is 122 Å². The van der Waals surface area contributed by atoms with Gasteiger partial charge in [0.1, 0.15) is 11.6 Å². The molecule has 0 aromatic carbocycles. The van der Waals surface area contributed by atoms with Crippen molar-refractivity contribution in [3.8, 4) is 0 Å². The van der Waals surface area contributed by atoms with E-state index in [1.165, 1.54) is 0 Å². The summed E-state index contributed by atoms with van der Waals surface area (Å²) in [7, 11) is -3.47. The number of nitrogen functional groups attached to an aromatic ring is 1. The molecule has 0 aliphatic carbocycles. The van der Waals surface area contributed by atoms with Gasteiger partial charge < -0.3 is 10.7 Å². The number of nitrogens with zero attached hydrogens (tertiary/aromatic N) is 2. The number of hydrazine groups is 1. The maximum atomic E-state index is 12.6. The van der Waals surface area contributed by atoms with E-state index in [1.807, 2.05) is 5.43 Å². The molecule has 21 heavy (non-hydrogen) atoms. The first kappa shape index (κ1) is 17.4. The molecule has 0 fully saturated rings. The Kier molecular flexibility index (Phi) is 5.69. The number of alkyl halides is 3. The monoisotopic (exact) mass is 328 g/mol. The Bertz CT molecular complexity index is 577. The second kappa shape index (κ2) is 6.87. The summed E-state index contributed by atoms with van der Waals surface area (Å²) in [5.41, 5.74) is 1.99. The molecule has 0 amide bonds. The van der Waals surface area contributed by atoms with Gasteiger partial charge in [0.25, 0.3) is 0 Å². The molecule has 1 aromatic heterocycles. The molecule has 0 aliphatic heterocycles. The number of anilines is 2. The zero-order valence-electron chi connectivity index (χ0n) is 11.0. The van der Waals surface area contributed by atoms with Crippen LogP contribution < -0.4 is 21.3 Å². The van der Waals surface area contributed by atoms with Gasteiger partial charge in [0.15, 0.2) is 0 Å². The van der Waals surface area contributed by atoms with Crippen LogP contribution in [-0.2, 0) is 16.2 Å². The Morgan fingerprint density at radius 2 is 1.90 bits per heavy atom. The van der Waals surface area contributed by atoms with Crippen LogP contribution in [0, 0.1) is 0 Å². The third kappa shape index (κ3) is 5.69. The number of nitrogens with two attached hydrogens (primary N) is 1. The summed E-state index contributed by atoms with van der Waals surface area (Å²) in [6, 6.07) is 1.13. The summed E-state index contributed by atoms with van der Waals surface area (Å²) in [4.78, 5) is 6.43. The van der Waals surface area contributed by atoms with Crippen molar-refractivity contribution < 1.29 is 21.6 Å². The van der Waals surface area contributed by atoms with Crippen molar-refractivity contribution in [2.75, 3.05) is 29.6 Å². The molecule has 0 unspecified atom stereocenters. The van der Waals surface area contributed by atoms with E-state index in [4.69, 9.17) is 5.84 Å². The fourth-order valence-electron chi connectivity index (χ4n) is 1.34. The molecule has 120 valence electrons. The first-order chi connectivity index (χ1) is 9.68. The van der Waals surface area contributed by atoms with E-state index in [0.717, 1.165) is 6.07 Å². The Labute approximate surface area is 119 Å². The maximum absolute atomic E-state index is 12.6. The van der Waals surface area contributed by atoms with E-state index < -0.39 is 22.0 Å². The minimum Gasteiger partial charge on any atom is -0.369 e.